The first-order valence-corrected chi connectivity index (χ1v) is 12.7. The molecule has 10 heteroatoms. The Morgan fingerprint density at radius 1 is 0.913 bits per heavy atom. The lowest BCUT2D eigenvalue weighted by Gasteiger charge is -2.16. The highest BCUT2D eigenvalue weighted by Gasteiger charge is 2.25. The Bertz CT molecular complexity index is 387. The Morgan fingerprint density at radius 2 is 1.39 bits per heavy atom. The van der Waals surface area contributed by atoms with Gasteiger partial charge in [0, 0.05) is 13.5 Å². The number of hydrogen-bond acceptors (Lipinski definition) is 5. The molecule has 1 unspecified atom stereocenters. The first kappa shape index (κ1) is 23.6. The number of phosphoric acid groups is 1. The molecule has 0 spiro atoms. The van der Waals surface area contributed by atoms with Crippen molar-refractivity contribution < 1.29 is 33.1 Å². The highest BCUT2D eigenvalue weighted by atomic mass is 32.5. The minimum Gasteiger partial charge on any atom is -0.740 e. The molecule has 0 aromatic rings. The molecule has 0 amide bonds. The predicted molar refractivity (Wildman–Crippen MR) is 92.2 cm³/mol. The number of rotatable bonds is 15. The molecular weight excluding hydrogens is 362 g/mol. The average Bonchev–Trinajstić information content (AvgIpc) is 2.50. The maximum Gasteiger partial charge on any atom is 0.497 e. The van der Waals surface area contributed by atoms with Crippen molar-refractivity contribution in [3.63, 3.8) is 0 Å². The Kier molecular flexibility index (Phi) is 14.3. The SMILES string of the molecule is CCCCCCCCCCCC[S+]=P([O-])(OC)OOP(=O)(O)O. The zero-order valence-corrected chi connectivity index (χ0v) is 16.6. The quantitative estimate of drug-likeness (QED) is 0.144. The van der Waals surface area contributed by atoms with Gasteiger partial charge in [0.1, 0.15) is 0 Å². The smallest absolute Gasteiger partial charge is 0.497 e. The second kappa shape index (κ2) is 13.9. The van der Waals surface area contributed by atoms with Gasteiger partial charge in [-0.15, -0.1) is 9.35 Å². The van der Waals surface area contributed by atoms with E-state index in [9.17, 15) is 9.46 Å². The summed E-state index contributed by atoms with van der Waals surface area (Å²) in [5.41, 5.74) is 0. The minimum absolute atomic E-state index is 0.520. The molecule has 0 aliphatic carbocycles. The van der Waals surface area contributed by atoms with Gasteiger partial charge in [0.15, 0.2) is 16.7 Å². The first-order chi connectivity index (χ1) is 10.8. The molecule has 7 nitrogen and oxygen atoms in total. The summed E-state index contributed by atoms with van der Waals surface area (Å²) >= 11 is 0. The zero-order chi connectivity index (χ0) is 17.6. The van der Waals surface area contributed by atoms with E-state index in [1.807, 2.05) is 0 Å². The maximum absolute atomic E-state index is 11.9. The third-order valence-corrected chi connectivity index (χ3v) is 7.20. The van der Waals surface area contributed by atoms with E-state index >= 15 is 0 Å². The van der Waals surface area contributed by atoms with Gasteiger partial charge >= 0.3 is 14.5 Å². The second-order valence-electron chi connectivity index (χ2n) is 5.28. The van der Waals surface area contributed by atoms with Crippen LogP contribution in [0.5, 0.6) is 0 Å². The van der Waals surface area contributed by atoms with Crippen LogP contribution < -0.4 is 4.89 Å². The summed E-state index contributed by atoms with van der Waals surface area (Å²) < 4.78 is 23.2. The van der Waals surface area contributed by atoms with Crippen molar-refractivity contribution in [3.8, 4) is 0 Å². The summed E-state index contributed by atoms with van der Waals surface area (Å²) in [6, 6.07) is 0. The van der Waals surface area contributed by atoms with E-state index in [1.165, 1.54) is 44.9 Å². The fraction of sp³-hybridized carbons (Fsp3) is 1.00. The molecule has 0 fully saturated rings. The molecule has 0 saturated carbocycles. The molecule has 2 N–H and O–H groups in total. The predicted octanol–water partition coefficient (Wildman–Crippen LogP) is 3.72. The summed E-state index contributed by atoms with van der Waals surface area (Å²) in [6.45, 7) is -1.46. The Labute approximate surface area is 143 Å². The van der Waals surface area contributed by atoms with Crippen LogP contribution in [0.1, 0.15) is 71.1 Å². The molecule has 0 aromatic carbocycles. The van der Waals surface area contributed by atoms with Crippen LogP contribution in [0.3, 0.4) is 0 Å². The summed E-state index contributed by atoms with van der Waals surface area (Å²) in [7, 11) is -2.80. The number of unbranched alkanes of at least 4 members (excludes halogenated alkanes) is 9. The van der Waals surface area contributed by atoms with Crippen molar-refractivity contribution in [2.75, 3.05) is 12.9 Å². The average molecular weight is 392 g/mol. The second-order valence-corrected chi connectivity index (χ2v) is 10.6. The van der Waals surface area contributed by atoms with Crippen LogP contribution in [-0.4, -0.2) is 22.6 Å². The van der Waals surface area contributed by atoms with Crippen LogP contribution in [-0.2, 0) is 29.4 Å². The molecule has 0 rings (SSSR count). The van der Waals surface area contributed by atoms with Gasteiger partial charge in [-0.1, -0.05) is 58.3 Å². The Morgan fingerprint density at radius 3 is 1.83 bits per heavy atom. The van der Waals surface area contributed by atoms with Crippen molar-refractivity contribution in [2.45, 2.75) is 71.1 Å². The zero-order valence-electron chi connectivity index (χ0n) is 14.0. The third kappa shape index (κ3) is 15.9. The van der Waals surface area contributed by atoms with Gasteiger partial charge in [0.25, 0.3) is 0 Å². The summed E-state index contributed by atoms with van der Waals surface area (Å²) in [5.74, 6) is 0.520. The van der Waals surface area contributed by atoms with Gasteiger partial charge in [0.05, 0.1) is 0 Å². The molecule has 0 aromatic heterocycles. The molecule has 0 saturated heterocycles. The molecule has 140 valence electrons. The maximum atomic E-state index is 11.9. The van der Waals surface area contributed by atoms with Crippen LogP contribution in [0.15, 0.2) is 0 Å². The van der Waals surface area contributed by atoms with E-state index < -0.39 is 14.5 Å². The fourth-order valence-corrected chi connectivity index (χ4v) is 5.14. The first-order valence-electron chi connectivity index (χ1n) is 8.07. The topological polar surface area (TPSA) is 108 Å². The van der Waals surface area contributed by atoms with Crippen LogP contribution in [0.2, 0.25) is 0 Å². The van der Waals surface area contributed by atoms with Gasteiger partial charge in [-0.2, -0.15) is 0 Å². The van der Waals surface area contributed by atoms with Crippen LogP contribution in [0.4, 0.5) is 0 Å². The van der Waals surface area contributed by atoms with Crippen molar-refractivity contribution >= 4 is 25.5 Å². The molecule has 0 aliphatic rings. The molecule has 0 bridgehead atoms. The summed E-state index contributed by atoms with van der Waals surface area (Å²) in [4.78, 5) is 29.0. The van der Waals surface area contributed by atoms with Crippen molar-refractivity contribution in [1.82, 2.24) is 0 Å². The lowest BCUT2D eigenvalue weighted by Crippen LogP contribution is -2.08. The number of hydrogen-bond donors (Lipinski definition) is 2. The normalized spacial score (nSPS) is 14.7. The molecule has 0 radical (unpaired) electrons. The van der Waals surface area contributed by atoms with Gasteiger partial charge in [-0.25, -0.2) is 4.57 Å². The van der Waals surface area contributed by atoms with Crippen LogP contribution in [0.25, 0.3) is 0 Å². The minimum atomic E-state index is -4.83. The van der Waals surface area contributed by atoms with Gasteiger partial charge in [-0.05, 0) is 6.42 Å². The van der Waals surface area contributed by atoms with E-state index in [2.05, 4.69) is 20.8 Å². The van der Waals surface area contributed by atoms with Gasteiger partial charge in [-0.3, -0.25) is 0 Å². The standard InChI is InChI=1S/C13H30O7P2S/c1-3-4-5-6-7-8-9-10-11-12-13-23-22(17,18-2)20-19-21(14,15)16/h3-13H2,1-2H3,(H2-,14,15,16,17). The summed E-state index contributed by atoms with van der Waals surface area (Å²) in [5, 5.41) is 0. The molecule has 23 heavy (non-hydrogen) atoms. The fourth-order valence-electron chi connectivity index (χ4n) is 1.95. The Hall–Kier alpha value is 0.640. The van der Waals surface area contributed by atoms with E-state index in [0.717, 1.165) is 37.3 Å². The van der Waals surface area contributed by atoms with Crippen molar-refractivity contribution in [1.29, 1.82) is 0 Å². The monoisotopic (exact) mass is 392 g/mol. The lowest BCUT2D eigenvalue weighted by molar-refractivity contribution is -0.255. The van der Waals surface area contributed by atoms with Gasteiger partial charge < -0.3 is 19.2 Å². The highest BCUT2D eigenvalue weighted by Crippen LogP contribution is 2.47. The molecule has 0 heterocycles. The highest BCUT2D eigenvalue weighted by molar-refractivity contribution is 8.16. The van der Waals surface area contributed by atoms with Crippen LogP contribution >= 0.6 is 14.5 Å². The van der Waals surface area contributed by atoms with E-state index in [4.69, 9.17) is 9.79 Å². The molecular formula is C13H30O7P2S. The summed E-state index contributed by atoms with van der Waals surface area (Å²) in [6.07, 6.45) is 12.0. The lowest BCUT2D eigenvalue weighted by atomic mass is 10.1. The van der Waals surface area contributed by atoms with Crippen molar-refractivity contribution in [2.24, 2.45) is 0 Å². The molecule has 1 atom stereocenters. The van der Waals surface area contributed by atoms with E-state index in [1.54, 1.807) is 0 Å². The Balaban J connectivity index is 3.71. The van der Waals surface area contributed by atoms with Crippen molar-refractivity contribution in [3.05, 3.63) is 0 Å². The third-order valence-electron chi connectivity index (χ3n) is 3.19. The van der Waals surface area contributed by atoms with E-state index in [-0.39, 0.29) is 0 Å². The molecule has 0 aliphatic heterocycles. The van der Waals surface area contributed by atoms with E-state index in [0.29, 0.717) is 5.75 Å². The van der Waals surface area contributed by atoms with Crippen LogP contribution in [0, 0.1) is 0 Å². The van der Waals surface area contributed by atoms with Gasteiger partial charge in [0.2, 0.25) is 0 Å². The largest absolute Gasteiger partial charge is 0.740 e.